The van der Waals surface area contributed by atoms with E-state index in [4.69, 9.17) is 5.73 Å². The minimum absolute atomic E-state index is 0.214. The van der Waals surface area contributed by atoms with Gasteiger partial charge in [-0.25, -0.2) is 0 Å². The van der Waals surface area contributed by atoms with Gasteiger partial charge in [-0.2, -0.15) is 0 Å². The first kappa shape index (κ1) is 28.2. The number of anilines is 3. The van der Waals surface area contributed by atoms with Crippen molar-refractivity contribution in [3.63, 3.8) is 0 Å². The van der Waals surface area contributed by atoms with E-state index in [0.717, 1.165) is 21.5 Å². The Morgan fingerprint density at radius 3 is 1.26 bits per heavy atom. The molecule has 0 bridgehead atoms. The fraction of sp³-hybridized carbons (Fsp3) is 0.250. The molecule has 0 aliphatic carbocycles. The van der Waals surface area contributed by atoms with Crippen molar-refractivity contribution in [1.29, 1.82) is 0 Å². The molecule has 0 fully saturated rings. The Bertz CT molecular complexity index is 1110. The maximum atomic E-state index is 5.36. The van der Waals surface area contributed by atoms with E-state index in [9.17, 15) is 0 Å². The third kappa shape index (κ3) is 10.8. The standard InChI is InChI=1S/C16H19N.C10H13Br.C6H7N/c1-16(2,3)13-9-11-15(12-10-13)17-14-7-5-4-6-8-14;1-10(2,3)8-4-6-9(11)7-5-8;7-6-4-2-1-3-5-6/h4-12,17H,1-3H3;4-7H,1-3H3;1-5H,7H2. The summed E-state index contributed by atoms with van der Waals surface area (Å²) < 4.78 is 1.14. The van der Waals surface area contributed by atoms with Gasteiger partial charge in [0.2, 0.25) is 0 Å². The summed E-state index contributed by atoms with van der Waals surface area (Å²) in [6, 6.07) is 36.8. The Morgan fingerprint density at radius 1 is 0.514 bits per heavy atom. The molecule has 35 heavy (non-hydrogen) atoms. The summed E-state index contributed by atoms with van der Waals surface area (Å²) in [4.78, 5) is 0. The highest BCUT2D eigenvalue weighted by molar-refractivity contribution is 9.10. The molecule has 3 heteroatoms. The van der Waals surface area contributed by atoms with E-state index in [0.29, 0.717) is 0 Å². The Labute approximate surface area is 220 Å². The van der Waals surface area contributed by atoms with Crippen LogP contribution in [-0.4, -0.2) is 0 Å². The molecule has 4 aromatic carbocycles. The van der Waals surface area contributed by atoms with Gasteiger partial charge in [0, 0.05) is 21.5 Å². The van der Waals surface area contributed by atoms with Gasteiger partial charge in [0.1, 0.15) is 0 Å². The van der Waals surface area contributed by atoms with Crippen molar-refractivity contribution in [3.8, 4) is 0 Å². The maximum Gasteiger partial charge on any atom is 0.0384 e. The number of nitrogen functional groups attached to an aromatic ring is 1. The Balaban J connectivity index is 0.000000205. The predicted molar refractivity (Wildman–Crippen MR) is 159 cm³/mol. The smallest absolute Gasteiger partial charge is 0.0384 e. The first-order valence-corrected chi connectivity index (χ1v) is 12.7. The lowest BCUT2D eigenvalue weighted by atomic mass is 9.87. The lowest BCUT2D eigenvalue weighted by Crippen LogP contribution is -2.10. The second-order valence-electron chi connectivity index (χ2n) is 10.5. The third-order valence-electron chi connectivity index (χ3n) is 5.32. The number of hydrogen-bond donors (Lipinski definition) is 2. The lowest BCUT2D eigenvalue weighted by Gasteiger charge is -2.19. The Hall–Kier alpha value is -3.04. The molecule has 0 atom stereocenters. The quantitative estimate of drug-likeness (QED) is 0.253. The zero-order valence-corrected chi connectivity index (χ0v) is 23.4. The summed E-state index contributed by atoms with van der Waals surface area (Å²) in [5, 5.41) is 3.38. The van der Waals surface area contributed by atoms with E-state index < -0.39 is 0 Å². The van der Waals surface area contributed by atoms with Crippen LogP contribution in [0.4, 0.5) is 17.1 Å². The average Bonchev–Trinajstić information content (AvgIpc) is 2.81. The molecule has 0 aliphatic heterocycles. The number of para-hydroxylation sites is 2. The second-order valence-corrected chi connectivity index (χ2v) is 11.4. The van der Waals surface area contributed by atoms with E-state index in [1.807, 2.05) is 48.5 Å². The Morgan fingerprint density at radius 2 is 0.886 bits per heavy atom. The van der Waals surface area contributed by atoms with Crippen LogP contribution in [0.25, 0.3) is 0 Å². The van der Waals surface area contributed by atoms with Gasteiger partial charge in [0.05, 0.1) is 0 Å². The number of benzene rings is 4. The molecule has 0 aliphatic rings. The van der Waals surface area contributed by atoms with Crippen LogP contribution in [-0.2, 0) is 10.8 Å². The molecule has 0 saturated carbocycles. The first-order chi connectivity index (χ1) is 16.4. The summed E-state index contributed by atoms with van der Waals surface area (Å²) in [5.74, 6) is 0. The van der Waals surface area contributed by atoms with Crippen LogP contribution in [0.3, 0.4) is 0 Å². The second kappa shape index (κ2) is 13.2. The zero-order chi connectivity index (χ0) is 25.9. The monoisotopic (exact) mass is 530 g/mol. The minimum atomic E-state index is 0.214. The average molecular weight is 532 g/mol. The maximum absolute atomic E-state index is 5.36. The lowest BCUT2D eigenvalue weighted by molar-refractivity contribution is 0.590. The summed E-state index contributed by atoms with van der Waals surface area (Å²) >= 11 is 3.41. The van der Waals surface area contributed by atoms with Crippen LogP contribution < -0.4 is 11.1 Å². The van der Waals surface area contributed by atoms with Crippen molar-refractivity contribution in [2.45, 2.75) is 52.4 Å². The minimum Gasteiger partial charge on any atom is -0.399 e. The summed E-state index contributed by atoms with van der Waals surface area (Å²) in [5.41, 5.74) is 11.6. The Kier molecular flexibility index (Phi) is 10.6. The topological polar surface area (TPSA) is 38.0 Å². The molecule has 0 spiro atoms. The molecular formula is C32H39BrN2. The molecule has 0 amide bonds. The van der Waals surface area contributed by atoms with Gasteiger partial charge in [-0.3, -0.25) is 0 Å². The molecule has 0 unspecified atom stereocenters. The molecule has 0 saturated heterocycles. The van der Waals surface area contributed by atoms with Crippen LogP contribution in [0.1, 0.15) is 52.7 Å². The predicted octanol–water partition coefficient (Wildman–Crippen LogP) is 9.74. The molecule has 184 valence electrons. The van der Waals surface area contributed by atoms with E-state index in [1.54, 1.807) is 0 Å². The first-order valence-electron chi connectivity index (χ1n) is 11.9. The van der Waals surface area contributed by atoms with Gasteiger partial charge in [-0.05, 0) is 70.5 Å². The molecule has 0 heterocycles. The number of rotatable bonds is 2. The summed E-state index contributed by atoms with van der Waals surface area (Å²) in [7, 11) is 0. The van der Waals surface area contributed by atoms with Gasteiger partial charge in [-0.15, -0.1) is 0 Å². The van der Waals surface area contributed by atoms with Crippen molar-refractivity contribution in [2.24, 2.45) is 0 Å². The highest BCUT2D eigenvalue weighted by atomic mass is 79.9. The molecule has 0 aromatic heterocycles. The molecule has 4 aromatic rings. The van der Waals surface area contributed by atoms with Crippen LogP contribution >= 0.6 is 15.9 Å². The number of halogens is 1. The number of nitrogens with two attached hydrogens (primary N) is 1. The highest BCUT2D eigenvalue weighted by Gasteiger charge is 2.13. The third-order valence-corrected chi connectivity index (χ3v) is 5.85. The van der Waals surface area contributed by atoms with E-state index in [2.05, 4.69) is 123 Å². The summed E-state index contributed by atoms with van der Waals surface area (Å²) in [6.45, 7) is 13.3. The van der Waals surface area contributed by atoms with Crippen LogP contribution in [0.15, 0.2) is 114 Å². The van der Waals surface area contributed by atoms with Gasteiger partial charge < -0.3 is 11.1 Å². The molecule has 3 N–H and O–H groups in total. The SMILES string of the molecule is CC(C)(C)c1ccc(Br)cc1.CC(C)(C)c1ccc(Nc2ccccc2)cc1.Nc1ccccc1. The highest BCUT2D eigenvalue weighted by Crippen LogP contribution is 2.25. The van der Waals surface area contributed by atoms with Gasteiger partial charge >= 0.3 is 0 Å². The van der Waals surface area contributed by atoms with E-state index in [-0.39, 0.29) is 10.8 Å². The van der Waals surface area contributed by atoms with Crippen LogP contribution in [0.2, 0.25) is 0 Å². The molecule has 2 nitrogen and oxygen atoms in total. The fourth-order valence-electron chi connectivity index (χ4n) is 3.14. The van der Waals surface area contributed by atoms with Crippen molar-refractivity contribution in [2.75, 3.05) is 11.1 Å². The van der Waals surface area contributed by atoms with Crippen LogP contribution in [0, 0.1) is 0 Å². The van der Waals surface area contributed by atoms with Crippen molar-refractivity contribution < 1.29 is 0 Å². The fourth-order valence-corrected chi connectivity index (χ4v) is 3.41. The largest absolute Gasteiger partial charge is 0.399 e. The zero-order valence-electron chi connectivity index (χ0n) is 21.8. The molecular weight excluding hydrogens is 492 g/mol. The van der Waals surface area contributed by atoms with Gasteiger partial charge in [-0.1, -0.05) is 118 Å². The van der Waals surface area contributed by atoms with Crippen molar-refractivity contribution in [1.82, 2.24) is 0 Å². The number of hydrogen-bond acceptors (Lipinski definition) is 2. The van der Waals surface area contributed by atoms with Crippen LogP contribution in [0.5, 0.6) is 0 Å². The van der Waals surface area contributed by atoms with Crippen molar-refractivity contribution in [3.05, 3.63) is 125 Å². The van der Waals surface area contributed by atoms with Gasteiger partial charge in [0.25, 0.3) is 0 Å². The normalized spacial score (nSPS) is 10.8. The number of nitrogens with one attached hydrogen (secondary N) is 1. The van der Waals surface area contributed by atoms with E-state index in [1.165, 1.54) is 11.1 Å². The van der Waals surface area contributed by atoms with Gasteiger partial charge in [0.15, 0.2) is 0 Å². The van der Waals surface area contributed by atoms with E-state index >= 15 is 0 Å². The molecule has 0 radical (unpaired) electrons. The summed E-state index contributed by atoms with van der Waals surface area (Å²) in [6.07, 6.45) is 0. The van der Waals surface area contributed by atoms with Crippen molar-refractivity contribution >= 4 is 33.0 Å². The molecule has 4 rings (SSSR count).